The van der Waals surface area contributed by atoms with Crippen LogP contribution in [0, 0.1) is 0 Å². The van der Waals surface area contributed by atoms with Crippen molar-refractivity contribution in [3.05, 3.63) is 0 Å². The van der Waals surface area contributed by atoms with E-state index in [-0.39, 0.29) is 0 Å². The predicted molar refractivity (Wildman–Crippen MR) is 104 cm³/mol. The maximum Gasteiger partial charge on any atom is 0.173 e. The van der Waals surface area contributed by atoms with E-state index in [0.717, 1.165) is 13.0 Å². The van der Waals surface area contributed by atoms with Crippen LogP contribution in [0.3, 0.4) is 0 Å². The van der Waals surface area contributed by atoms with E-state index in [1.54, 1.807) is 0 Å². The van der Waals surface area contributed by atoms with Crippen molar-refractivity contribution in [3.63, 3.8) is 0 Å². The molecule has 0 aromatic carbocycles. The second kappa shape index (κ2) is 13.8. The summed E-state index contributed by atoms with van der Waals surface area (Å²) in [5.74, 6) is 0. The average molecular weight is 339 g/mol. The first kappa shape index (κ1) is 21.6. The fraction of sp³-hybridized carbons (Fsp3) is 1.00. The summed E-state index contributed by atoms with van der Waals surface area (Å²) < 4.78 is 5.93. The Morgan fingerprint density at radius 2 is 1.33 bits per heavy atom. The van der Waals surface area contributed by atoms with E-state index < -0.39 is 5.72 Å². The third-order valence-corrected chi connectivity index (χ3v) is 4.99. The van der Waals surface area contributed by atoms with Crippen LogP contribution in [0.4, 0.5) is 0 Å². The summed E-state index contributed by atoms with van der Waals surface area (Å²) in [5, 5.41) is 8.99. The summed E-state index contributed by atoms with van der Waals surface area (Å²) in [7, 11) is 0. The Hall–Kier alpha value is -0.440. The molecular formula is C21H42N2O. The van der Waals surface area contributed by atoms with Gasteiger partial charge in [0.1, 0.15) is 0 Å². The molecule has 24 heavy (non-hydrogen) atoms. The third-order valence-electron chi connectivity index (χ3n) is 4.99. The molecule has 3 nitrogen and oxygen atoms in total. The first-order chi connectivity index (χ1) is 11.6. The Morgan fingerprint density at radius 1 is 0.792 bits per heavy atom. The van der Waals surface area contributed by atoms with Gasteiger partial charge in [0, 0.05) is 6.61 Å². The number of nitrogens with zero attached hydrogens (tertiary/aromatic N) is 2. The van der Waals surface area contributed by atoms with Crippen molar-refractivity contribution in [2.45, 2.75) is 129 Å². The lowest BCUT2D eigenvalue weighted by Crippen LogP contribution is -2.22. The summed E-state index contributed by atoms with van der Waals surface area (Å²) in [5.41, 5.74) is -0.448. The highest BCUT2D eigenvalue weighted by molar-refractivity contribution is 4.72. The molecule has 0 aromatic rings. The van der Waals surface area contributed by atoms with Crippen molar-refractivity contribution >= 4 is 0 Å². The molecule has 0 saturated heterocycles. The molecule has 0 bridgehead atoms. The quantitative estimate of drug-likeness (QED) is 0.239. The molecule has 0 radical (unpaired) electrons. The van der Waals surface area contributed by atoms with Gasteiger partial charge in [-0.25, -0.2) is 0 Å². The smallest absolute Gasteiger partial charge is 0.173 e. The average Bonchev–Trinajstić information content (AvgIpc) is 2.59. The van der Waals surface area contributed by atoms with Crippen LogP contribution in [0.2, 0.25) is 0 Å². The number of hydrogen-bond donors (Lipinski definition) is 0. The van der Waals surface area contributed by atoms with Crippen LogP contribution in [0.1, 0.15) is 117 Å². The first-order valence-electron chi connectivity index (χ1n) is 10.7. The zero-order valence-corrected chi connectivity index (χ0v) is 16.7. The molecule has 0 spiro atoms. The Labute approximate surface area is 151 Å². The molecule has 1 aliphatic rings. The molecule has 1 rings (SSSR count). The summed E-state index contributed by atoms with van der Waals surface area (Å²) in [6.45, 7) is 7.17. The monoisotopic (exact) mass is 338 g/mol. The van der Waals surface area contributed by atoms with Gasteiger partial charge in [-0.3, -0.25) is 0 Å². The number of unbranched alkanes of at least 4 members (excludes halogenated alkanes) is 9. The van der Waals surface area contributed by atoms with E-state index in [9.17, 15) is 0 Å². The summed E-state index contributed by atoms with van der Waals surface area (Å²) in [6.07, 6.45) is 20.0. The maximum atomic E-state index is 5.93. The molecule has 142 valence electrons. The number of azo groups is 1. The van der Waals surface area contributed by atoms with E-state index in [1.807, 2.05) is 13.8 Å². The van der Waals surface area contributed by atoms with Crippen LogP contribution in [0.5, 0.6) is 0 Å². The van der Waals surface area contributed by atoms with Crippen LogP contribution in [-0.4, -0.2) is 18.4 Å². The van der Waals surface area contributed by atoms with E-state index >= 15 is 0 Å². The zero-order valence-electron chi connectivity index (χ0n) is 16.7. The second-order valence-corrected chi connectivity index (χ2v) is 7.98. The molecule has 0 N–H and O–H groups in total. The zero-order chi connectivity index (χ0) is 17.5. The van der Waals surface area contributed by atoms with Crippen molar-refractivity contribution in [1.82, 2.24) is 0 Å². The Morgan fingerprint density at radius 3 is 1.92 bits per heavy atom. The number of ether oxygens (including phenoxy) is 1. The Kier molecular flexibility index (Phi) is 12.4. The van der Waals surface area contributed by atoms with E-state index in [2.05, 4.69) is 17.2 Å². The number of hydrogen-bond acceptors (Lipinski definition) is 3. The molecule has 3 heteroatoms. The van der Waals surface area contributed by atoms with E-state index in [0.29, 0.717) is 6.04 Å². The van der Waals surface area contributed by atoms with Crippen molar-refractivity contribution in [1.29, 1.82) is 0 Å². The second-order valence-electron chi connectivity index (χ2n) is 7.98. The fourth-order valence-electron chi connectivity index (χ4n) is 3.36. The van der Waals surface area contributed by atoms with Gasteiger partial charge < -0.3 is 4.74 Å². The molecule has 1 aliphatic carbocycles. The lowest BCUT2D eigenvalue weighted by molar-refractivity contribution is -0.0190. The molecule has 0 aliphatic heterocycles. The summed E-state index contributed by atoms with van der Waals surface area (Å²) in [4.78, 5) is 0. The van der Waals surface area contributed by atoms with Gasteiger partial charge in [0.05, 0.1) is 6.04 Å². The highest BCUT2D eigenvalue weighted by Crippen LogP contribution is 2.22. The van der Waals surface area contributed by atoms with Gasteiger partial charge in [0.15, 0.2) is 5.72 Å². The van der Waals surface area contributed by atoms with Gasteiger partial charge in [-0.1, -0.05) is 84.0 Å². The van der Waals surface area contributed by atoms with Gasteiger partial charge >= 0.3 is 0 Å². The lowest BCUT2D eigenvalue weighted by Gasteiger charge is -2.22. The highest BCUT2D eigenvalue weighted by atomic mass is 16.5. The van der Waals surface area contributed by atoms with Crippen molar-refractivity contribution in [2.24, 2.45) is 10.2 Å². The molecule has 0 aromatic heterocycles. The maximum absolute atomic E-state index is 5.93. The van der Waals surface area contributed by atoms with Crippen molar-refractivity contribution in [2.75, 3.05) is 6.61 Å². The Balaban J connectivity index is 1.94. The topological polar surface area (TPSA) is 34.0 Å². The fourth-order valence-corrected chi connectivity index (χ4v) is 3.36. The minimum atomic E-state index is -0.448. The van der Waals surface area contributed by atoms with Gasteiger partial charge in [0.25, 0.3) is 0 Å². The first-order valence-corrected chi connectivity index (χ1v) is 10.7. The van der Waals surface area contributed by atoms with Crippen LogP contribution >= 0.6 is 0 Å². The van der Waals surface area contributed by atoms with Crippen molar-refractivity contribution < 1.29 is 4.74 Å². The minimum absolute atomic E-state index is 0.443. The molecule has 0 heterocycles. The van der Waals surface area contributed by atoms with Crippen LogP contribution < -0.4 is 0 Å². The van der Waals surface area contributed by atoms with Gasteiger partial charge in [-0.05, 0) is 33.1 Å². The van der Waals surface area contributed by atoms with Crippen LogP contribution in [0.25, 0.3) is 0 Å². The summed E-state index contributed by atoms with van der Waals surface area (Å²) in [6, 6.07) is 0.443. The number of rotatable bonds is 14. The van der Waals surface area contributed by atoms with Gasteiger partial charge in [-0.2, -0.15) is 10.2 Å². The van der Waals surface area contributed by atoms with E-state index in [4.69, 9.17) is 4.74 Å². The van der Waals surface area contributed by atoms with Crippen LogP contribution in [0.15, 0.2) is 10.2 Å². The largest absolute Gasteiger partial charge is 0.353 e. The van der Waals surface area contributed by atoms with Crippen molar-refractivity contribution in [3.8, 4) is 0 Å². The third kappa shape index (κ3) is 12.0. The van der Waals surface area contributed by atoms with Gasteiger partial charge in [0.2, 0.25) is 0 Å². The molecule has 1 saturated carbocycles. The van der Waals surface area contributed by atoms with Gasteiger partial charge in [-0.15, -0.1) is 0 Å². The predicted octanol–water partition coefficient (Wildman–Crippen LogP) is 7.44. The summed E-state index contributed by atoms with van der Waals surface area (Å²) >= 11 is 0. The molecule has 0 atom stereocenters. The molecule has 0 amide bonds. The van der Waals surface area contributed by atoms with Crippen LogP contribution in [-0.2, 0) is 4.74 Å². The van der Waals surface area contributed by atoms with E-state index in [1.165, 1.54) is 89.9 Å². The molecular weight excluding hydrogens is 296 g/mol. The molecule has 0 unspecified atom stereocenters. The minimum Gasteiger partial charge on any atom is -0.353 e. The normalized spacial score (nSPS) is 17.0. The highest BCUT2D eigenvalue weighted by Gasteiger charge is 2.18. The Bertz CT molecular complexity index is 309. The standard InChI is InChI=1S/C21H42N2O/c1-4-5-6-7-8-9-10-11-12-16-19-24-21(2,3)23-22-20-17-14-13-15-18-20/h20H,4-19H2,1-3H3. The molecule has 1 fully saturated rings. The SMILES string of the molecule is CCCCCCCCCCCCOC(C)(C)N=NC1CCCCC1. The lowest BCUT2D eigenvalue weighted by atomic mass is 9.96.